The zero-order chi connectivity index (χ0) is 21.7. The number of nitrogens with one attached hydrogen (secondary N) is 1. The van der Waals surface area contributed by atoms with Crippen molar-refractivity contribution in [1.82, 2.24) is 20.2 Å². The van der Waals surface area contributed by atoms with Crippen molar-refractivity contribution in [3.63, 3.8) is 0 Å². The molecule has 1 aromatic carbocycles. The van der Waals surface area contributed by atoms with Gasteiger partial charge in [0.25, 0.3) is 0 Å². The van der Waals surface area contributed by atoms with Crippen LogP contribution in [0.1, 0.15) is 11.3 Å². The van der Waals surface area contributed by atoms with Crippen molar-refractivity contribution in [1.29, 1.82) is 0 Å². The zero-order valence-corrected chi connectivity index (χ0v) is 15.9. The van der Waals surface area contributed by atoms with Crippen molar-refractivity contribution in [2.45, 2.75) is 12.6 Å². The Morgan fingerprint density at radius 1 is 1.07 bits per heavy atom. The fraction of sp³-hybridized carbons (Fsp3) is 0.368. The molecule has 0 radical (unpaired) electrons. The van der Waals surface area contributed by atoms with E-state index in [-0.39, 0.29) is 62.7 Å². The first-order valence-corrected chi connectivity index (χ1v) is 9.20. The van der Waals surface area contributed by atoms with Crippen molar-refractivity contribution < 1.29 is 27.9 Å². The predicted molar refractivity (Wildman–Crippen MR) is 101 cm³/mol. The number of carbonyl (C=O) groups is 2. The van der Waals surface area contributed by atoms with Crippen molar-refractivity contribution in [3.05, 3.63) is 47.8 Å². The lowest BCUT2D eigenvalue weighted by Gasteiger charge is -2.34. The molecule has 2 amide bonds. The number of aromatic hydroxyl groups is 1. The van der Waals surface area contributed by atoms with Crippen LogP contribution in [0, 0.1) is 0 Å². The molecule has 1 aromatic heterocycles. The second kappa shape index (κ2) is 8.97. The minimum Gasteiger partial charge on any atom is -0.508 e. The molecular formula is C19H20F3N5O3. The van der Waals surface area contributed by atoms with Gasteiger partial charge in [-0.15, -0.1) is 0 Å². The van der Waals surface area contributed by atoms with Gasteiger partial charge in [-0.1, -0.05) is 12.1 Å². The molecule has 0 atom stereocenters. The summed E-state index contributed by atoms with van der Waals surface area (Å²) in [5, 5.41) is 11.8. The molecule has 0 saturated carbocycles. The highest BCUT2D eigenvalue weighted by Gasteiger charge is 2.33. The smallest absolute Gasteiger partial charge is 0.433 e. The number of aromatic nitrogens is 2. The zero-order valence-electron chi connectivity index (χ0n) is 15.9. The Kier molecular flexibility index (Phi) is 6.38. The van der Waals surface area contributed by atoms with E-state index in [0.29, 0.717) is 5.56 Å². The number of hydrogen-bond acceptors (Lipinski definition) is 6. The molecule has 2 aromatic rings. The first-order valence-electron chi connectivity index (χ1n) is 9.20. The molecule has 1 fully saturated rings. The first kappa shape index (κ1) is 21.3. The van der Waals surface area contributed by atoms with Crippen LogP contribution in [0.4, 0.5) is 19.1 Å². The van der Waals surface area contributed by atoms with Crippen LogP contribution in [0.25, 0.3) is 0 Å². The molecule has 2 heterocycles. The summed E-state index contributed by atoms with van der Waals surface area (Å²) in [6.45, 7) is 0.971. The van der Waals surface area contributed by atoms with E-state index in [4.69, 9.17) is 0 Å². The highest BCUT2D eigenvalue weighted by molar-refractivity contribution is 5.85. The largest absolute Gasteiger partial charge is 0.508 e. The van der Waals surface area contributed by atoms with E-state index in [9.17, 15) is 27.9 Å². The number of benzene rings is 1. The highest BCUT2D eigenvalue weighted by Crippen LogP contribution is 2.28. The SMILES string of the molecule is O=C(Cc1ccc(O)cc1)NCC(=O)N1CCN(c2nccc(C(F)(F)F)n2)CC1. The van der Waals surface area contributed by atoms with E-state index < -0.39 is 11.9 Å². The summed E-state index contributed by atoms with van der Waals surface area (Å²) in [5.41, 5.74) is -0.310. The Morgan fingerprint density at radius 3 is 2.37 bits per heavy atom. The van der Waals surface area contributed by atoms with Gasteiger partial charge in [-0.3, -0.25) is 9.59 Å². The van der Waals surface area contributed by atoms with Gasteiger partial charge in [-0.05, 0) is 23.8 Å². The summed E-state index contributed by atoms with van der Waals surface area (Å²) in [7, 11) is 0. The topological polar surface area (TPSA) is 98.7 Å². The third-order valence-electron chi connectivity index (χ3n) is 4.59. The van der Waals surface area contributed by atoms with Crippen LogP contribution in [0.3, 0.4) is 0 Å². The quantitative estimate of drug-likeness (QED) is 0.750. The Labute approximate surface area is 170 Å². The van der Waals surface area contributed by atoms with Crippen LogP contribution in [-0.4, -0.2) is 64.5 Å². The standard InChI is InChI=1S/C19H20F3N5O3/c20-19(21,22)15-5-6-23-18(25-15)27-9-7-26(8-10-27)17(30)12-24-16(29)11-13-1-3-14(28)4-2-13/h1-6,28H,7-12H2,(H,24,29). The Bertz CT molecular complexity index is 897. The Morgan fingerprint density at radius 2 is 1.73 bits per heavy atom. The van der Waals surface area contributed by atoms with Crippen molar-refractivity contribution in [2.24, 2.45) is 0 Å². The van der Waals surface area contributed by atoms with E-state index in [1.54, 1.807) is 17.0 Å². The van der Waals surface area contributed by atoms with E-state index >= 15 is 0 Å². The molecule has 1 aliphatic rings. The molecule has 8 nitrogen and oxygen atoms in total. The average molecular weight is 423 g/mol. The van der Waals surface area contributed by atoms with Crippen LogP contribution < -0.4 is 10.2 Å². The van der Waals surface area contributed by atoms with Crippen LogP contribution in [0.15, 0.2) is 36.5 Å². The van der Waals surface area contributed by atoms with E-state index in [1.807, 2.05) is 0 Å². The molecule has 11 heteroatoms. The maximum Gasteiger partial charge on any atom is 0.433 e. The predicted octanol–water partition coefficient (Wildman–Crippen LogP) is 1.21. The normalized spacial score (nSPS) is 14.5. The number of anilines is 1. The molecule has 160 valence electrons. The van der Waals surface area contributed by atoms with Gasteiger partial charge >= 0.3 is 6.18 Å². The van der Waals surface area contributed by atoms with Gasteiger partial charge in [0.1, 0.15) is 11.4 Å². The van der Waals surface area contributed by atoms with Crippen LogP contribution in [0.2, 0.25) is 0 Å². The molecule has 0 aliphatic carbocycles. The lowest BCUT2D eigenvalue weighted by molar-refractivity contribution is -0.141. The molecule has 0 bridgehead atoms. The van der Waals surface area contributed by atoms with Crippen molar-refractivity contribution in [3.8, 4) is 5.75 Å². The highest BCUT2D eigenvalue weighted by atomic mass is 19.4. The van der Waals surface area contributed by atoms with Gasteiger partial charge < -0.3 is 20.2 Å². The molecule has 2 N–H and O–H groups in total. The van der Waals surface area contributed by atoms with E-state index in [0.717, 1.165) is 12.3 Å². The summed E-state index contributed by atoms with van der Waals surface area (Å²) >= 11 is 0. The molecule has 0 spiro atoms. The average Bonchev–Trinajstić information content (AvgIpc) is 2.73. The van der Waals surface area contributed by atoms with Crippen LogP contribution in [0.5, 0.6) is 5.75 Å². The fourth-order valence-corrected chi connectivity index (χ4v) is 2.96. The minimum absolute atomic E-state index is 0.0286. The van der Waals surface area contributed by atoms with Gasteiger partial charge in [0.05, 0.1) is 13.0 Å². The molecular weight excluding hydrogens is 403 g/mol. The summed E-state index contributed by atoms with van der Waals surface area (Å²) in [4.78, 5) is 34.8. The third-order valence-corrected chi connectivity index (χ3v) is 4.59. The molecule has 30 heavy (non-hydrogen) atoms. The summed E-state index contributed by atoms with van der Waals surface area (Å²) in [5.74, 6) is -0.535. The minimum atomic E-state index is -4.55. The van der Waals surface area contributed by atoms with Crippen molar-refractivity contribution >= 4 is 17.8 Å². The Balaban J connectivity index is 1.46. The number of piperazine rings is 1. The molecule has 1 aliphatic heterocycles. The molecule has 3 rings (SSSR count). The van der Waals surface area contributed by atoms with E-state index in [1.165, 1.54) is 17.0 Å². The van der Waals surface area contributed by atoms with Gasteiger partial charge in [-0.2, -0.15) is 13.2 Å². The monoisotopic (exact) mass is 423 g/mol. The molecule has 1 saturated heterocycles. The van der Waals surface area contributed by atoms with Gasteiger partial charge in [0, 0.05) is 32.4 Å². The van der Waals surface area contributed by atoms with E-state index in [2.05, 4.69) is 15.3 Å². The Hall–Kier alpha value is -3.37. The number of halogens is 3. The van der Waals surface area contributed by atoms with Crippen LogP contribution in [-0.2, 0) is 22.2 Å². The summed E-state index contributed by atoms with van der Waals surface area (Å²) in [6, 6.07) is 6.99. The molecule has 0 unspecified atom stereocenters. The van der Waals surface area contributed by atoms with Gasteiger partial charge in [0.2, 0.25) is 17.8 Å². The second-order valence-electron chi connectivity index (χ2n) is 6.73. The lowest BCUT2D eigenvalue weighted by atomic mass is 10.1. The maximum atomic E-state index is 12.8. The number of rotatable bonds is 5. The lowest BCUT2D eigenvalue weighted by Crippen LogP contribution is -2.51. The number of phenols is 1. The number of nitrogens with zero attached hydrogens (tertiary/aromatic N) is 4. The number of amides is 2. The summed E-state index contributed by atoms with van der Waals surface area (Å²) < 4.78 is 38.4. The number of phenolic OH excluding ortho intramolecular Hbond substituents is 1. The number of alkyl halides is 3. The van der Waals surface area contributed by atoms with Gasteiger partial charge in [-0.25, -0.2) is 9.97 Å². The maximum absolute atomic E-state index is 12.8. The number of carbonyl (C=O) groups excluding carboxylic acids is 2. The fourth-order valence-electron chi connectivity index (χ4n) is 2.96. The third kappa shape index (κ3) is 5.58. The summed E-state index contributed by atoms with van der Waals surface area (Å²) in [6.07, 6.45) is -3.41. The number of hydrogen-bond donors (Lipinski definition) is 2. The second-order valence-corrected chi connectivity index (χ2v) is 6.73. The van der Waals surface area contributed by atoms with Crippen molar-refractivity contribution in [2.75, 3.05) is 37.6 Å². The van der Waals surface area contributed by atoms with Gasteiger partial charge in [0.15, 0.2) is 0 Å². The van der Waals surface area contributed by atoms with Crippen LogP contribution >= 0.6 is 0 Å². The first-order chi connectivity index (χ1) is 14.2.